The van der Waals surface area contributed by atoms with Crippen molar-refractivity contribution in [2.75, 3.05) is 7.11 Å². The molecule has 0 unspecified atom stereocenters. The molecule has 0 bridgehead atoms. The highest BCUT2D eigenvalue weighted by Gasteiger charge is 2.16. The lowest BCUT2D eigenvalue weighted by Crippen LogP contribution is -2.23. The Morgan fingerprint density at radius 3 is 2.50 bits per heavy atom. The molecule has 0 heterocycles. The van der Waals surface area contributed by atoms with E-state index in [0.29, 0.717) is 6.42 Å². The van der Waals surface area contributed by atoms with Crippen molar-refractivity contribution >= 4 is 5.78 Å². The van der Waals surface area contributed by atoms with Crippen molar-refractivity contribution in [2.24, 2.45) is 0 Å². The molecule has 0 atom stereocenters. The highest BCUT2D eigenvalue weighted by molar-refractivity contribution is 5.89. The van der Waals surface area contributed by atoms with Crippen LogP contribution >= 0.6 is 0 Å². The van der Waals surface area contributed by atoms with Crippen molar-refractivity contribution in [2.45, 2.75) is 39.2 Å². The van der Waals surface area contributed by atoms with Gasteiger partial charge in [-0.1, -0.05) is 6.08 Å². The van der Waals surface area contributed by atoms with E-state index in [0.717, 1.165) is 6.42 Å². The summed E-state index contributed by atoms with van der Waals surface area (Å²) in [5, 5.41) is 0. The fourth-order valence-electron chi connectivity index (χ4n) is 0.796. The number of carbonyl (C=O) groups is 1. The van der Waals surface area contributed by atoms with Crippen molar-refractivity contribution in [3.05, 3.63) is 12.2 Å². The highest BCUT2D eigenvalue weighted by atomic mass is 16.5. The van der Waals surface area contributed by atoms with Gasteiger partial charge in [-0.15, -0.1) is 0 Å². The van der Waals surface area contributed by atoms with Crippen LogP contribution in [0.2, 0.25) is 0 Å². The standard InChI is InChI=1S/C10H18O2/c1-5-6-9(11)7-8-10(2,3)12-4/h5-6H,7-8H2,1-4H3/b6-5+. The molecule has 0 rings (SSSR count). The lowest BCUT2D eigenvalue weighted by atomic mass is 10.0. The van der Waals surface area contributed by atoms with Crippen molar-refractivity contribution < 1.29 is 9.53 Å². The van der Waals surface area contributed by atoms with E-state index < -0.39 is 0 Å². The second-order valence-corrected chi connectivity index (χ2v) is 3.43. The van der Waals surface area contributed by atoms with Crippen LogP contribution in [0.3, 0.4) is 0 Å². The van der Waals surface area contributed by atoms with E-state index in [9.17, 15) is 4.79 Å². The zero-order valence-corrected chi connectivity index (χ0v) is 8.39. The molecule has 70 valence electrons. The van der Waals surface area contributed by atoms with Gasteiger partial charge in [0.05, 0.1) is 5.60 Å². The van der Waals surface area contributed by atoms with Gasteiger partial charge in [-0.05, 0) is 33.3 Å². The van der Waals surface area contributed by atoms with Gasteiger partial charge in [0, 0.05) is 13.5 Å². The first-order valence-corrected chi connectivity index (χ1v) is 4.22. The summed E-state index contributed by atoms with van der Waals surface area (Å²) >= 11 is 0. The summed E-state index contributed by atoms with van der Waals surface area (Å²) in [5.74, 6) is 0.169. The number of rotatable bonds is 5. The molecule has 0 N–H and O–H groups in total. The number of ketones is 1. The normalized spacial score (nSPS) is 12.3. The molecule has 0 saturated carbocycles. The highest BCUT2D eigenvalue weighted by Crippen LogP contribution is 2.15. The number of ether oxygens (including phenoxy) is 1. The largest absolute Gasteiger partial charge is 0.379 e. The molecule has 2 heteroatoms. The number of methoxy groups -OCH3 is 1. The van der Waals surface area contributed by atoms with Gasteiger partial charge in [-0.25, -0.2) is 0 Å². The van der Waals surface area contributed by atoms with Crippen LogP contribution in [-0.4, -0.2) is 18.5 Å². The maximum atomic E-state index is 11.1. The van der Waals surface area contributed by atoms with Gasteiger partial charge in [0.15, 0.2) is 5.78 Å². The molecule has 2 nitrogen and oxygen atoms in total. The van der Waals surface area contributed by atoms with Crippen molar-refractivity contribution in [1.82, 2.24) is 0 Å². The average Bonchev–Trinajstić information content (AvgIpc) is 2.02. The molecular weight excluding hydrogens is 152 g/mol. The Kier molecular flexibility index (Phi) is 4.83. The number of allylic oxidation sites excluding steroid dienone is 2. The van der Waals surface area contributed by atoms with Crippen molar-refractivity contribution in [3.63, 3.8) is 0 Å². The van der Waals surface area contributed by atoms with Crippen molar-refractivity contribution in [3.8, 4) is 0 Å². The Balaban J connectivity index is 3.75. The van der Waals surface area contributed by atoms with E-state index in [-0.39, 0.29) is 11.4 Å². The lowest BCUT2D eigenvalue weighted by molar-refractivity contribution is -0.116. The third-order valence-electron chi connectivity index (χ3n) is 1.88. The van der Waals surface area contributed by atoms with Gasteiger partial charge in [-0.2, -0.15) is 0 Å². The van der Waals surface area contributed by atoms with Crippen LogP contribution in [0.5, 0.6) is 0 Å². The first kappa shape index (κ1) is 11.4. The van der Waals surface area contributed by atoms with E-state index in [1.165, 1.54) is 0 Å². The van der Waals surface area contributed by atoms with Gasteiger partial charge in [0.1, 0.15) is 0 Å². The number of hydrogen-bond acceptors (Lipinski definition) is 2. The van der Waals surface area contributed by atoms with Gasteiger partial charge < -0.3 is 4.74 Å². The topological polar surface area (TPSA) is 26.3 Å². The Hall–Kier alpha value is -0.630. The first-order chi connectivity index (χ1) is 5.52. The van der Waals surface area contributed by atoms with E-state index in [2.05, 4.69) is 0 Å². The Bertz CT molecular complexity index is 169. The molecule has 0 aliphatic carbocycles. The predicted octanol–water partition coefficient (Wildman–Crippen LogP) is 2.34. The number of carbonyl (C=O) groups excluding carboxylic acids is 1. The molecule has 0 aliphatic heterocycles. The number of hydrogen-bond donors (Lipinski definition) is 0. The fraction of sp³-hybridized carbons (Fsp3) is 0.700. The van der Waals surface area contributed by atoms with Gasteiger partial charge >= 0.3 is 0 Å². The van der Waals surface area contributed by atoms with Gasteiger partial charge in [-0.3, -0.25) is 4.79 Å². The minimum Gasteiger partial charge on any atom is -0.379 e. The van der Waals surface area contributed by atoms with Crippen LogP contribution in [0.15, 0.2) is 12.2 Å². The molecule has 0 radical (unpaired) electrons. The predicted molar refractivity (Wildman–Crippen MR) is 50.1 cm³/mol. The lowest BCUT2D eigenvalue weighted by Gasteiger charge is -2.21. The quantitative estimate of drug-likeness (QED) is 0.592. The van der Waals surface area contributed by atoms with Crippen molar-refractivity contribution in [1.29, 1.82) is 0 Å². The molecule has 0 spiro atoms. The third kappa shape index (κ3) is 5.08. The molecule has 12 heavy (non-hydrogen) atoms. The van der Waals surface area contributed by atoms with E-state index in [1.807, 2.05) is 20.8 Å². The third-order valence-corrected chi connectivity index (χ3v) is 1.88. The van der Waals surface area contributed by atoms with E-state index in [4.69, 9.17) is 4.74 Å². The SMILES string of the molecule is C/C=C/C(=O)CCC(C)(C)OC. The molecule has 0 aromatic rings. The molecule has 0 saturated heterocycles. The summed E-state index contributed by atoms with van der Waals surface area (Å²) in [6.45, 7) is 5.81. The summed E-state index contributed by atoms with van der Waals surface area (Å²) in [5.41, 5.74) is -0.183. The summed E-state index contributed by atoms with van der Waals surface area (Å²) in [7, 11) is 1.67. The Morgan fingerprint density at radius 1 is 1.50 bits per heavy atom. The zero-order valence-electron chi connectivity index (χ0n) is 8.39. The second-order valence-electron chi connectivity index (χ2n) is 3.43. The molecule has 0 aliphatic rings. The summed E-state index contributed by atoms with van der Waals surface area (Å²) in [6.07, 6.45) is 4.70. The second kappa shape index (κ2) is 5.09. The smallest absolute Gasteiger partial charge is 0.155 e. The Labute approximate surface area is 74.6 Å². The van der Waals surface area contributed by atoms with Crippen LogP contribution in [0.1, 0.15) is 33.6 Å². The minimum atomic E-state index is -0.183. The van der Waals surface area contributed by atoms with Crippen LogP contribution < -0.4 is 0 Å². The average molecular weight is 170 g/mol. The van der Waals surface area contributed by atoms with Crippen LogP contribution in [-0.2, 0) is 9.53 Å². The maximum Gasteiger partial charge on any atom is 0.155 e. The molecule has 0 fully saturated rings. The fourth-order valence-corrected chi connectivity index (χ4v) is 0.796. The molecule has 0 amide bonds. The minimum absolute atomic E-state index is 0.169. The monoisotopic (exact) mass is 170 g/mol. The van der Waals surface area contributed by atoms with Gasteiger partial charge in [0.25, 0.3) is 0 Å². The summed E-state index contributed by atoms with van der Waals surface area (Å²) < 4.78 is 5.19. The van der Waals surface area contributed by atoms with Crippen LogP contribution in [0.25, 0.3) is 0 Å². The Morgan fingerprint density at radius 2 is 2.08 bits per heavy atom. The van der Waals surface area contributed by atoms with Crippen LogP contribution in [0.4, 0.5) is 0 Å². The first-order valence-electron chi connectivity index (χ1n) is 4.22. The summed E-state index contributed by atoms with van der Waals surface area (Å²) in [6, 6.07) is 0. The van der Waals surface area contributed by atoms with E-state index >= 15 is 0 Å². The summed E-state index contributed by atoms with van der Waals surface area (Å²) in [4.78, 5) is 11.1. The van der Waals surface area contributed by atoms with E-state index in [1.54, 1.807) is 19.3 Å². The molecule has 0 aromatic carbocycles. The van der Waals surface area contributed by atoms with Gasteiger partial charge in [0.2, 0.25) is 0 Å². The zero-order chi connectivity index (χ0) is 9.61. The van der Waals surface area contributed by atoms with Crippen LogP contribution in [0, 0.1) is 0 Å². The molecule has 0 aromatic heterocycles. The molecular formula is C10H18O2. The maximum absolute atomic E-state index is 11.1.